The third-order valence-corrected chi connectivity index (χ3v) is 4.69. The molecule has 0 bridgehead atoms. The van der Waals surface area contributed by atoms with Crippen LogP contribution >= 0.6 is 0 Å². The fraction of sp³-hybridized carbons (Fsp3) is 0.333. The van der Waals surface area contributed by atoms with E-state index in [0.29, 0.717) is 26.2 Å². The maximum Gasteiger partial charge on any atom is 0.416 e. The van der Waals surface area contributed by atoms with Gasteiger partial charge in [-0.1, -0.05) is 24.3 Å². The molecular formula is C21H22F3N3O3. The average molecular weight is 421 g/mol. The van der Waals surface area contributed by atoms with E-state index in [4.69, 9.17) is 4.74 Å². The molecule has 1 N–H and O–H groups in total. The van der Waals surface area contributed by atoms with E-state index in [1.807, 2.05) is 30.3 Å². The monoisotopic (exact) mass is 421 g/mol. The number of carbonyl (C=O) groups is 2. The maximum absolute atomic E-state index is 12.7. The number of hydrogen-bond donors (Lipinski definition) is 1. The first-order chi connectivity index (χ1) is 14.3. The normalized spacial score (nSPS) is 14.5. The summed E-state index contributed by atoms with van der Waals surface area (Å²) in [4.78, 5) is 28.0. The Morgan fingerprint density at radius 3 is 2.30 bits per heavy atom. The van der Waals surface area contributed by atoms with Crippen LogP contribution in [0.5, 0.6) is 0 Å². The van der Waals surface area contributed by atoms with Crippen LogP contribution in [0.4, 0.5) is 24.5 Å². The number of ether oxygens (including phenoxy) is 1. The molecule has 1 saturated heterocycles. The highest BCUT2D eigenvalue weighted by molar-refractivity contribution is 5.92. The van der Waals surface area contributed by atoms with Gasteiger partial charge in [0.25, 0.3) is 0 Å². The van der Waals surface area contributed by atoms with E-state index < -0.39 is 24.3 Å². The zero-order chi connectivity index (χ0) is 21.6. The van der Waals surface area contributed by atoms with Crippen molar-refractivity contribution in [3.8, 4) is 0 Å². The van der Waals surface area contributed by atoms with Gasteiger partial charge in [0.05, 0.1) is 5.56 Å². The number of nitrogens with zero attached hydrogens (tertiary/aromatic N) is 2. The second-order valence-corrected chi connectivity index (χ2v) is 6.82. The smallest absolute Gasteiger partial charge is 0.368 e. The number of alkyl halides is 3. The molecule has 0 unspecified atom stereocenters. The summed E-state index contributed by atoms with van der Waals surface area (Å²) in [5, 5.41) is 2.34. The molecule has 9 heteroatoms. The minimum Gasteiger partial charge on any atom is -0.368 e. The lowest BCUT2D eigenvalue weighted by molar-refractivity contribution is -0.138. The summed E-state index contributed by atoms with van der Waals surface area (Å²) in [6, 6.07) is 14.2. The van der Waals surface area contributed by atoms with Gasteiger partial charge in [-0.05, 0) is 30.3 Å². The summed E-state index contributed by atoms with van der Waals surface area (Å²) in [5.74, 6) is -0.856. The van der Waals surface area contributed by atoms with Gasteiger partial charge in [0.15, 0.2) is 0 Å². The molecule has 3 rings (SSSR count). The molecule has 160 valence electrons. The summed E-state index contributed by atoms with van der Waals surface area (Å²) < 4.78 is 43.3. The van der Waals surface area contributed by atoms with Crippen LogP contribution < -0.4 is 10.2 Å². The second-order valence-electron chi connectivity index (χ2n) is 6.82. The Labute approximate surface area is 172 Å². The topological polar surface area (TPSA) is 61.9 Å². The van der Waals surface area contributed by atoms with Crippen LogP contribution in [0.3, 0.4) is 0 Å². The molecule has 2 aromatic rings. The Balaban J connectivity index is 1.39. The standard InChI is InChI=1S/C21H22F3N3O3/c22-21(23,24)16-5-4-6-17(13-16)25-19(28)14-30-15-20(29)27-11-9-26(10-12-27)18-7-2-1-3-8-18/h1-8,13H,9-12,14-15H2,(H,25,28). The number of amides is 2. The molecule has 0 radical (unpaired) electrons. The van der Waals surface area contributed by atoms with Crippen molar-refractivity contribution in [2.45, 2.75) is 6.18 Å². The van der Waals surface area contributed by atoms with Crippen LogP contribution in [0.15, 0.2) is 54.6 Å². The fourth-order valence-electron chi connectivity index (χ4n) is 3.15. The average Bonchev–Trinajstić information content (AvgIpc) is 2.74. The Kier molecular flexibility index (Phi) is 6.94. The molecule has 30 heavy (non-hydrogen) atoms. The predicted octanol–water partition coefficient (Wildman–Crippen LogP) is 3.01. The highest BCUT2D eigenvalue weighted by Gasteiger charge is 2.30. The quantitative estimate of drug-likeness (QED) is 0.779. The van der Waals surface area contributed by atoms with E-state index >= 15 is 0 Å². The Bertz CT molecular complexity index is 867. The summed E-state index contributed by atoms with van der Waals surface area (Å²) in [7, 11) is 0. The summed E-state index contributed by atoms with van der Waals surface area (Å²) in [6.07, 6.45) is -4.49. The van der Waals surface area contributed by atoms with E-state index in [2.05, 4.69) is 10.2 Å². The van der Waals surface area contributed by atoms with E-state index in [0.717, 1.165) is 17.8 Å². The van der Waals surface area contributed by atoms with Gasteiger partial charge >= 0.3 is 6.18 Å². The number of halogens is 3. The molecule has 0 saturated carbocycles. The lowest BCUT2D eigenvalue weighted by Crippen LogP contribution is -2.49. The van der Waals surface area contributed by atoms with Gasteiger partial charge in [-0.3, -0.25) is 9.59 Å². The van der Waals surface area contributed by atoms with Gasteiger partial charge in [0.2, 0.25) is 11.8 Å². The van der Waals surface area contributed by atoms with Gasteiger partial charge in [-0.15, -0.1) is 0 Å². The van der Waals surface area contributed by atoms with Crippen molar-refractivity contribution in [1.82, 2.24) is 4.90 Å². The minimum atomic E-state index is -4.49. The third kappa shape index (κ3) is 5.96. The van der Waals surface area contributed by atoms with E-state index in [9.17, 15) is 22.8 Å². The summed E-state index contributed by atoms with van der Waals surface area (Å²) in [6.45, 7) is 1.81. The van der Waals surface area contributed by atoms with Gasteiger partial charge in [0.1, 0.15) is 13.2 Å². The third-order valence-electron chi connectivity index (χ3n) is 4.69. The number of benzene rings is 2. The van der Waals surface area contributed by atoms with Crippen molar-refractivity contribution in [3.05, 3.63) is 60.2 Å². The van der Waals surface area contributed by atoms with Crippen LogP contribution in [0.1, 0.15) is 5.56 Å². The first-order valence-electron chi connectivity index (χ1n) is 9.45. The molecule has 1 fully saturated rings. The first-order valence-corrected chi connectivity index (χ1v) is 9.45. The number of carbonyl (C=O) groups excluding carboxylic acids is 2. The van der Waals surface area contributed by atoms with Crippen LogP contribution in [0.2, 0.25) is 0 Å². The molecular weight excluding hydrogens is 399 g/mol. The zero-order valence-corrected chi connectivity index (χ0v) is 16.2. The van der Waals surface area contributed by atoms with Crippen molar-refractivity contribution in [1.29, 1.82) is 0 Å². The van der Waals surface area contributed by atoms with Gasteiger partial charge in [0, 0.05) is 37.6 Å². The molecule has 6 nitrogen and oxygen atoms in total. The lowest BCUT2D eigenvalue weighted by Gasteiger charge is -2.36. The Morgan fingerprint density at radius 1 is 0.933 bits per heavy atom. The minimum absolute atomic E-state index is 0.0155. The van der Waals surface area contributed by atoms with Crippen LogP contribution in [-0.2, 0) is 20.5 Å². The van der Waals surface area contributed by atoms with Gasteiger partial charge in [-0.25, -0.2) is 0 Å². The van der Waals surface area contributed by atoms with E-state index in [1.165, 1.54) is 12.1 Å². The number of nitrogens with one attached hydrogen (secondary N) is 1. The number of piperazine rings is 1. The fourth-order valence-corrected chi connectivity index (χ4v) is 3.15. The Morgan fingerprint density at radius 2 is 1.63 bits per heavy atom. The van der Waals surface area contributed by atoms with Crippen molar-refractivity contribution < 1.29 is 27.5 Å². The molecule has 1 aliphatic heterocycles. The van der Waals surface area contributed by atoms with Crippen molar-refractivity contribution in [2.24, 2.45) is 0 Å². The Hall–Kier alpha value is -3.07. The number of hydrogen-bond acceptors (Lipinski definition) is 4. The second kappa shape index (κ2) is 9.62. The molecule has 0 atom stereocenters. The van der Waals surface area contributed by atoms with E-state index in [1.54, 1.807) is 4.90 Å². The van der Waals surface area contributed by atoms with Crippen molar-refractivity contribution in [3.63, 3.8) is 0 Å². The van der Waals surface area contributed by atoms with E-state index in [-0.39, 0.29) is 18.2 Å². The molecule has 1 aliphatic rings. The molecule has 0 aromatic heterocycles. The number of para-hydroxylation sites is 1. The first kappa shape index (κ1) is 21.6. The SMILES string of the molecule is O=C(COCC(=O)N1CCN(c2ccccc2)CC1)Nc1cccc(C(F)(F)F)c1. The van der Waals surface area contributed by atoms with Gasteiger partial charge < -0.3 is 19.9 Å². The van der Waals surface area contributed by atoms with Crippen LogP contribution in [0.25, 0.3) is 0 Å². The van der Waals surface area contributed by atoms with Crippen molar-refractivity contribution in [2.75, 3.05) is 49.6 Å². The molecule has 2 amide bonds. The summed E-state index contributed by atoms with van der Waals surface area (Å²) in [5.41, 5.74) is 0.264. The highest BCUT2D eigenvalue weighted by atomic mass is 19.4. The highest BCUT2D eigenvalue weighted by Crippen LogP contribution is 2.30. The molecule has 0 spiro atoms. The maximum atomic E-state index is 12.7. The molecule has 2 aromatic carbocycles. The van der Waals surface area contributed by atoms with Crippen LogP contribution in [0, 0.1) is 0 Å². The molecule has 1 heterocycles. The predicted molar refractivity (Wildman–Crippen MR) is 106 cm³/mol. The van der Waals surface area contributed by atoms with Crippen LogP contribution in [-0.4, -0.2) is 56.1 Å². The van der Waals surface area contributed by atoms with Crippen molar-refractivity contribution >= 4 is 23.2 Å². The zero-order valence-electron chi connectivity index (χ0n) is 16.2. The largest absolute Gasteiger partial charge is 0.416 e. The summed E-state index contributed by atoms with van der Waals surface area (Å²) >= 11 is 0. The number of rotatable bonds is 6. The lowest BCUT2D eigenvalue weighted by atomic mass is 10.2. The van der Waals surface area contributed by atoms with Gasteiger partial charge in [-0.2, -0.15) is 13.2 Å². The molecule has 0 aliphatic carbocycles. The number of anilines is 2.